The number of aromatic nitrogens is 2. The fourth-order valence-electron chi connectivity index (χ4n) is 1.40. The Hall–Kier alpha value is -1.91. The Bertz CT molecular complexity index is 474. The van der Waals surface area contributed by atoms with Crippen molar-refractivity contribution in [3.8, 4) is 0 Å². The van der Waals surface area contributed by atoms with Crippen molar-refractivity contribution in [3.63, 3.8) is 0 Å². The molecule has 13 heavy (non-hydrogen) atoms. The smallest absolute Gasteiger partial charge is 0.135 e. The fourth-order valence-corrected chi connectivity index (χ4v) is 1.40. The Balaban J connectivity index is 2.99. The van der Waals surface area contributed by atoms with Crippen LogP contribution in [0.5, 0.6) is 0 Å². The first-order valence-corrected chi connectivity index (χ1v) is 3.83. The number of aryl methyl sites for hydroxylation is 1. The standard InChI is InChI=1S/C8H10N4O/c1-4-2-6(9)8-5(7(4)10)3-11-12(8)13/h2-3,13H,9-10H2,1H3. The second-order valence-corrected chi connectivity index (χ2v) is 2.99. The van der Waals surface area contributed by atoms with Crippen LogP contribution >= 0.6 is 0 Å². The van der Waals surface area contributed by atoms with Gasteiger partial charge < -0.3 is 16.7 Å². The third kappa shape index (κ3) is 0.900. The van der Waals surface area contributed by atoms with Crippen LogP contribution in [0.25, 0.3) is 10.9 Å². The van der Waals surface area contributed by atoms with Crippen LogP contribution in [0.2, 0.25) is 0 Å². The zero-order chi connectivity index (χ0) is 9.59. The van der Waals surface area contributed by atoms with E-state index >= 15 is 0 Å². The van der Waals surface area contributed by atoms with Gasteiger partial charge in [-0.2, -0.15) is 0 Å². The van der Waals surface area contributed by atoms with Crippen LogP contribution in [0.4, 0.5) is 11.4 Å². The number of hydrogen-bond acceptors (Lipinski definition) is 4. The molecular formula is C8H10N4O. The quantitative estimate of drug-likeness (QED) is 0.410. The molecule has 0 spiro atoms. The number of nitrogen functional groups attached to an aromatic ring is 2. The van der Waals surface area contributed by atoms with E-state index in [1.54, 1.807) is 6.07 Å². The van der Waals surface area contributed by atoms with E-state index in [0.717, 1.165) is 10.4 Å². The predicted molar refractivity (Wildman–Crippen MR) is 50.5 cm³/mol. The fraction of sp³-hybridized carbons (Fsp3) is 0.125. The molecule has 0 radical (unpaired) electrons. The van der Waals surface area contributed by atoms with Gasteiger partial charge in [0.25, 0.3) is 0 Å². The Morgan fingerprint density at radius 1 is 1.46 bits per heavy atom. The lowest BCUT2D eigenvalue weighted by Crippen LogP contribution is -1.98. The molecule has 0 bridgehead atoms. The SMILES string of the molecule is Cc1cc(N)c2c(cnn2O)c1N. The van der Waals surface area contributed by atoms with Gasteiger partial charge in [-0.1, -0.05) is 4.85 Å². The molecule has 0 saturated carbocycles. The zero-order valence-corrected chi connectivity index (χ0v) is 7.15. The van der Waals surface area contributed by atoms with Crippen LogP contribution in [-0.2, 0) is 0 Å². The Morgan fingerprint density at radius 2 is 2.15 bits per heavy atom. The molecule has 5 heteroatoms. The molecule has 68 valence electrons. The lowest BCUT2D eigenvalue weighted by Gasteiger charge is -2.04. The minimum absolute atomic E-state index is 0.461. The van der Waals surface area contributed by atoms with Crippen molar-refractivity contribution in [1.82, 2.24) is 9.94 Å². The lowest BCUT2D eigenvalue weighted by molar-refractivity contribution is 0.161. The molecule has 5 nitrogen and oxygen atoms in total. The third-order valence-electron chi connectivity index (χ3n) is 2.11. The van der Waals surface area contributed by atoms with Gasteiger partial charge in [0.05, 0.1) is 11.9 Å². The average Bonchev–Trinajstić information content (AvgIpc) is 2.44. The molecule has 0 atom stereocenters. The summed E-state index contributed by atoms with van der Waals surface area (Å²) in [7, 11) is 0. The summed E-state index contributed by atoms with van der Waals surface area (Å²) in [5, 5.41) is 13.6. The van der Waals surface area contributed by atoms with E-state index in [1.165, 1.54) is 6.20 Å². The van der Waals surface area contributed by atoms with E-state index in [0.29, 0.717) is 22.3 Å². The molecule has 1 aromatic heterocycles. The van der Waals surface area contributed by atoms with Crippen LogP contribution in [0.1, 0.15) is 5.56 Å². The summed E-state index contributed by atoms with van der Waals surface area (Å²) in [6, 6.07) is 1.71. The second-order valence-electron chi connectivity index (χ2n) is 2.99. The number of nitrogens with two attached hydrogens (primary N) is 2. The van der Waals surface area contributed by atoms with Crippen molar-refractivity contribution in [2.75, 3.05) is 11.5 Å². The Kier molecular flexibility index (Phi) is 1.36. The molecular weight excluding hydrogens is 168 g/mol. The summed E-state index contributed by atoms with van der Waals surface area (Å²) in [4.78, 5) is 0.737. The molecule has 2 rings (SSSR count). The third-order valence-corrected chi connectivity index (χ3v) is 2.11. The molecule has 0 amide bonds. The number of benzene rings is 1. The second kappa shape index (κ2) is 2.29. The van der Waals surface area contributed by atoms with Gasteiger partial charge >= 0.3 is 0 Å². The highest BCUT2D eigenvalue weighted by Crippen LogP contribution is 2.28. The van der Waals surface area contributed by atoms with Crippen LogP contribution < -0.4 is 11.5 Å². The normalized spacial score (nSPS) is 10.8. The molecule has 0 aliphatic rings. The molecule has 1 heterocycles. The van der Waals surface area contributed by atoms with Gasteiger partial charge in [0.15, 0.2) is 0 Å². The van der Waals surface area contributed by atoms with Crippen LogP contribution in [0.3, 0.4) is 0 Å². The molecule has 2 aromatic rings. The highest BCUT2D eigenvalue weighted by atomic mass is 16.5. The molecule has 0 aliphatic heterocycles. The predicted octanol–water partition coefficient (Wildman–Crippen LogP) is 0.746. The van der Waals surface area contributed by atoms with E-state index in [9.17, 15) is 5.21 Å². The van der Waals surface area contributed by atoms with Crippen molar-refractivity contribution >= 4 is 22.3 Å². The van der Waals surface area contributed by atoms with Crippen molar-refractivity contribution < 1.29 is 5.21 Å². The van der Waals surface area contributed by atoms with E-state index in [-0.39, 0.29) is 0 Å². The van der Waals surface area contributed by atoms with Gasteiger partial charge in [0, 0.05) is 11.1 Å². The van der Waals surface area contributed by atoms with E-state index < -0.39 is 0 Å². The van der Waals surface area contributed by atoms with E-state index in [1.807, 2.05) is 6.92 Å². The topological polar surface area (TPSA) is 90.1 Å². The number of rotatable bonds is 0. The van der Waals surface area contributed by atoms with Gasteiger partial charge in [-0.15, -0.1) is 5.10 Å². The molecule has 5 N–H and O–H groups in total. The first-order valence-electron chi connectivity index (χ1n) is 3.83. The van der Waals surface area contributed by atoms with Crippen LogP contribution in [0, 0.1) is 6.92 Å². The van der Waals surface area contributed by atoms with Crippen molar-refractivity contribution in [3.05, 3.63) is 17.8 Å². The largest absolute Gasteiger partial charge is 0.411 e. The number of nitrogens with zero attached hydrogens (tertiary/aromatic N) is 2. The summed E-state index contributed by atoms with van der Waals surface area (Å²) in [5.74, 6) is 0. The van der Waals surface area contributed by atoms with Crippen LogP contribution in [0.15, 0.2) is 12.3 Å². The maximum atomic E-state index is 9.28. The number of anilines is 2. The highest BCUT2D eigenvalue weighted by Gasteiger charge is 2.10. The van der Waals surface area contributed by atoms with Gasteiger partial charge in [-0.3, -0.25) is 0 Å². The lowest BCUT2D eigenvalue weighted by atomic mass is 10.1. The maximum absolute atomic E-state index is 9.28. The first-order chi connectivity index (χ1) is 6.11. The molecule has 0 saturated heterocycles. The van der Waals surface area contributed by atoms with Crippen LogP contribution in [-0.4, -0.2) is 15.2 Å². The van der Waals surface area contributed by atoms with Gasteiger partial charge in [-0.05, 0) is 18.6 Å². The molecule has 0 fully saturated rings. The first kappa shape index (κ1) is 7.72. The highest BCUT2D eigenvalue weighted by molar-refractivity contribution is 5.99. The van der Waals surface area contributed by atoms with Gasteiger partial charge in [0.1, 0.15) is 5.52 Å². The minimum atomic E-state index is 0.461. The van der Waals surface area contributed by atoms with Gasteiger partial charge in [0.2, 0.25) is 0 Å². The summed E-state index contributed by atoms with van der Waals surface area (Å²) >= 11 is 0. The molecule has 1 aromatic carbocycles. The van der Waals surface area contributed by atoms with Crippen molar-refractivity contribution in [1.29, 1.82) is 0 Å². The van der Waals surface area contributed by atoms with Gasteiger partial charge in [-0.25, -0.2) is 0 Å². The maximum Gasteiger partial charge on any atom is 0.135 e. The van der Waals surface area contributed by atoms with Crippen molar-refractivity contribution in [2.45, 2.75) is 6.92 Å². The molecule has 0 unspecified atom stereocenters. The molecule has 0 aliphatic carbocycles. The minimum Gasteiger partial charge on any atom is -0.411 e. The summed E-state index contributed by atoms with van der Waals surface area (Å²) < 4.78 is 0. The summed E-state index contributed by atoms with van der Waals surface area (Å²) in [6.45, 7) is 1.86. The average molecular weight is 178 g/mol. The number of fused-ring (bicyclic) bond motifs is 1. The summed E-state index contributed by atoms with van der Waals surface area (Å²) in [5.41, 5.74) is 13.9. The van der Waals surface area contributed by atoms with E-state index in [2.05, 4.69) is 5.10 Å². The Labute approximate surface area is 74.5 Å². The Morgan fingerprint density at radius 3 is 2.85 bits per heavy atom. The van der Waals surface area contributed by atoms with Crippen molar-refractivity contribution in [2.24, 2.45) is 0 Å². The monoisotopic (exact) mass is 178 g/mol. The zero-order valence-electron chi connectivity index (χ0n) is 7.15. The number of hydrogen-bond donors (Lipinski definition) is 3. The van der Waals surface area contributed by atoms with E-state index in [4.69, 9.17) is 11.5 Å². The summed E-state index contributed by atoms with van der Waals surface area (Å²) in [6.07, 6.45) is 1.49.